The summed E-state index contributed by atoms with van der Waals surface area (Å²) in [5.41, 5.74) is 2.16. The number of benzene rings is 1. The fourth-order valence-electron chi connectivity index (χ4n) is 2.04. The van der Waals surface area contributed by atoms with E-state index in [-0.39, 0.29) is 11.7 Å². The molecule has 1 N–H and O–H groups in total. The van der Waals surface area contributed by atoms with Crippen LogP contribution >= 0.6 is 0 Å². The molecule has 0 bridgehead atoms. The van der Waals surface area contributed by atoms with E-state index in [1.54, 1.807) is 17.0 Å². The number of halogens is 1. The number of aromatic amines is 1. The normalized spacial score (nSPS) is 10.7. The van der Waals surface area contributed by atoms with Crippen molar-refractivity contribution in [1.29, 1.82) is 0 Å². The number of nitrogens with zero attached hydrogens (tertiary/aromatic N) is 1. The van der Waals surface area contributed by atoms with Gasteiger partial charge < -0.3 is 9.88 Å². The van der Waals surface area contributed by atoms with Crippen LogP contribution in [0.15, 0.2) is 36.4 Å². The minimum Gasteiger partial charge on any atom is -0.351 e. The number of carbonyl (C=O) groups excluding carboxylic acids is 1. The highest BCUT2D eigenvalue weighted by atomic mass is 19.1. The first-order valence-corrected chi connectivity index (χ1v) is 6.23. The summed E-state index contributed by atoms with van der Waals surface area (Å²) in [5, 5.41) is 0.703. The van der Waals surface area contributed by atoms with Crippen LogP contribution in [0.3, 0.4) is 0 Å². The maximum absolute atomic E-state index is 13.1. The topological polar surface area (TPSA) is 36.1 Å². The third-order valence-corrected chi connectivity index (χ3v) is 2.94. The largest absolute Gasteiger partial charge is 0.351 e. The van der Waals surface area contributed by atoms with Crippen molar-refractivity contribution in [3.63, 3.8) is 0 Å². The van der Waals surface area contributed by atoms with E-state index < -0.39 is 0 Å². The first kappa shape index (κ1) is 13.3. The van der Waals surface area contributed by atoms with Crippen LogP contribution in [0.5, 0.6) is 0 Å². The summed E-state index contributed by atoms with van der Waals surface area (Å²) < 4.78 is 13.1. The van der Waals surface area contributed by atoms with E-state index in [9.17, 15) is 9.18 Å². The van der Waals surface area contributed by atoms with Crippen molar-refractivity contribution >= 4 is 16.8 Å². The first-order chi connectivity index (χ1) is 9.01. The van der Waals surface area contributed by atoms with Crippen LogP contribution in [0.25, 0.3) is 10.9 Å². The van der Waals surface area contributed by atoms with Gasteiger partial charge in [-0.3, -0.25) is 4.79 Å². The highest BCUT2D eigenvalue weighted by Gasteiger charge is 2.16. The van der Waals surface area contributed by atoms with E-state index in [1.807, 2.05) is 13.8 Å². The molecule has 2 aromatic rings. The molecule has 0 saturated carbocycles. The zero-order valence-corrected chi connectivity index (χ0v) is 11.2. The van der Waals surface area contributed by atoms with E-state index in [0.717, 1.165) is 11.1 Å². The maximum atomic E-state index is 13.1. The van der Waals surface area contributed by atoms with E-state index >= 15 is 0 Å². The average molecular weight is 260 g/mol. The third-order valence-electron chi connectivity index (χ3n) is 2.94. The maximum Gasteiger partial charge on any atom is 0.270 e. The van der Waals surface area contributed by atoms with Gasteiger partial charge in [-0.25, -0.2) is 4.39 Å². The molecule has 1 amide bonds. The number of hydrogen-bond donors (Lipinski definition) is 1. The molecule has 0 unspecified atom stereocenters. The number of likely N-dealkylation sites (N-methyl/N-ethyl adjacent to an activating group) is 1. The molecular formula is C15H17FN2O. The smallest absolute Gasteiger partial charge is 0.270 e. The first-order valence-electron chi connectivity index (χ1n) is 6.23. The number of fused-ring (bicyclic) bond motifs is 1. The lowest BCUT2D eigenvalue weighted by Crippen LogP contribution is -2.32. The fraction of sp³-hybridized carbons (Fsp3) is 0.267. The minimum atomic E-state index is -0.306. The number of amides is 1. The summed E-state index contributed by atoms with van der Waals surface area (Å²) in [5.74, 6) is -0.401. The van der Waals surface area contributed by atoms with Gasteiger partial charge in [-0.05, 0) is 38.1 Å². The van der Waals surface area contributed by atoms with Gasteiger partial charge in [0.05, 0.1) is 0 Å². The Kier molecular flexibility index (Phi) is 3.69. The van der Waals surface area contributed by atoms with Gasteiger partial charge in [-0.15, -0.1) is 0 Å². The van der Waals surface area contributed by atoms with Gasteiger partial charge in [0.15, 0.2) is 0 Å². The third kappa shape index (κ3) is 2.84. The molecule has 100 valence electrons. The summed E-state index contributed by atoms with van der Waals surface area (Å²) in [7, 11) is 0. The van der Waals surface area contributed by atoms with Crippen molar-refractivity contribution in [3.05, 3.63) is 47.9 Å². The Balaban J connectivity index is 2.32. The van der Waals surface area contributed by atoms with Gasteiger partial charge in [0, 0.05) is 24.0 Å². The minimum absolute atomic E-state index is 0.0953. The van der Waals surface area contributed by atoms with Crippen molar-refractivity contribution in [2.24, 2.45) is 0 Å². The number of nitrogens with one attached hydrogen (secondary N) is 1. The molecule has 0 aliphatic heterocycles. The van der Waals surface area contributed by atoms with E-state index in [4.69, 9.17) is 0 Å². The standard InChI is InChI=1S/C15H17FN2O/c1-4-18(9-10(2)3)15(19)14-8-11-7-12(16)5-6-13(11)17-14/h5-8,17H,2,4,9H2,1,3H3. The molecule has 1 aromatic carbocycles. The number of H-pyrrole nitrogens is 1. The van der Waals surface area contributed by atoms with Crippen LogP contribution < -0.4 is 0 Å². The van der Waals surface area contributed by atoms with Crippen LogP contribution in [-0.2, 0) is 0 Å². The Morgan fingerprint density at radius 1 is 1.42 bits per heavy atom. The van der Waals surface area contributed by atoms with Crippen LogP contribution in [0.1, 0.15) is 24.3 Å². The van der Waals surface area contributed by atoms with Crippen LogP contribution in [0.4, 0.5) is 4.39 Å². The number of aromatic nitrogens is 1. The number of carbonyl (C=O) groups is 1. The van der Waals surface area contributed by atoms with Crippen LogP contribution in [-0.4, -0.2) is 28.9 Å². The second kappa shape index (κ2) is 5.26. The summed E-state index contributed by atoms with van der Waals surface area (Å²) in [4.78, 5) is 17.0. The van der Waals surface area contributed by atoms with Gasteiger partial charge in [0.25, 0.3) is 5.91 Å². The highest BCUT2D eigenvalue weighted by Crippen LogP contribution is 2.18. The van der Waals surface area contributed by atoms with Gasteiger partial charge in [-0.2, -0.15) is 0 Å². The monoisotopic (exact) mass is 260 g/mol. The summed E-state index contributed by atoms with van der Waals surface area (Å²) in [6, 6.07) is 6.11. The Hall–Kier alpha value is -2.10. The number of hydrogen-bond acceptors (Lipinski definition) is 1. The SMILES string of the molecule is C=C(C)CN(CC)C(=O)c1cc2cc(F)ccc2[nH]1. The second-order valence-corrected chi connectivity index (χ2v) is 4.69. The lowest BCUT2D eigenvalue weighted by Gasteiger charge is -2.20. The number of rotatable bonds is 4. The molecule has 0 fully saturated rings. The van der Waals surface area contributed by atoms with E-state index in [2.05, 4.69) is 11.6 Å². The van der Waals surface area contributed by atoms with Crippen molar-refractivity contribution in [1.82, 2.24) is 9.88 Å². The molecule has 0 saturated heterocycles. The molecule has 0 spiro atoms. The van der Waals surface area contributed by atoms with E-state index in [1.165, 1.54) is 12.1 Å². The molecule has 2 rings (SSSR count). The molecule has 3 nitrogen and oxygen atoms in total. The van der Waals surface area contributed by atoms with E-state index in [0.29, 0.717) is 24.2 Å². The van der Waals surface area contributed by atoms with Gasteiger partial charge in [0.2, 0.25) is 0 Å². The zero-order chi connectivity index (χ0) is 14.0. The lowest BCUT2D eigenvalue weighted by atomic mass is 10.2. The molecule has 19 heavy (non-hydrogen) atoms. The van der Waals surface area contributed by atoms with Gasteiger partial charge in [-0.1, -0.05) is 12.2 Å². The van der Waals surface area contributed by atoms with Gasteiger partial charge >= 0.3 is 0 Å². The Labute approximate surface area is 111 Å². The summed E-state index contributed by atoms with van der Waals surface area (Å²) >= 11 is 0. The molecule has 1 aromatic heterocycles. The van der Waals surface area contributed by atoms with Crippen molar-refractivity contribution in [2.45, 2.75) is 13.8 Å². The lowest BCUT2D eigenvalue weighted by molar-refractivity contribution is 0.0773. The molecule has 1 heterocycles. The fourth-order valence-corrected chi connectivity index (χ4v) is 2.04. The van der Waals surface area contributed by atoms with Crippen molar-refractivity contribution in [3.8, 4) is 0 Å². The van der Waals surface area contributed by atoms with Crippen LogP contribution in [0, 0.1) is 5.82 Å². The predicted molar refractivity (Wildman–Crippen MR) is 74.6 cm³/mol. The molecule has 0 atom stereocenters. The highest BCUT2D eigenvalue weighted by molar-refractivity contribution is 5.98. The zero-order valence-electron chi connectivity index (χ0n) is 11.2. The molecule has 0 aliphatic rings. The predicted octanol–water partition coefficient (Wildman–Crippen LogP) is 3.35. The second-order valence-electron chi connectivity index (χ2n) is 4.69. The average Bonchev–Trinajstić information content (AvgIpc) is 2.77. The van der Waals surface area contributed by atoms with Crippen molar-refractivity contribution < 1.29 is 9.18 Å². The summed E-state index contributed by atoms with van der Waals surface area (Å²) in [6.45, 7) is 8.76. The molecule has 0 radical (unpaired) electrons. The Morgan fingerprint density at radius 3 is 2.79 bits per heavy atom. The van der Waals surface area contributed by atoms with Gasteiger partial charge in [0.1, 0.15) is 11.5 Å². The molecule has 0 aliphatic carbocycles. The van der Waals surface area contributed by atoms with Crippen LogP contribution in [0.2, 0.25) is 0 Å². The van der Waals surface area contributed by atoms with Crippen molar-refractivity contribution in [2.75, 3.05) is 13.1 Å². The molecular weight excluding hydrogens is 243 g/mol. The Bertz CT molecular complexity index is 630. The summed E-state index contributed by atoms with van der Waals surface area (Å²) in [6.07, 6.45) is 0. The quantitative estimate of drug-likeness (QED) is 0.841. The Morgan fingerprint density at radius 2 is 2.16 bits per heavy atom. The molecule has 4 heteroatoms.